The lowest BCUT2D eigenvalue weighted by atomic mass is 10.1. The molecule has 8 nitrogen and oxygen atoms in total. The third-order valence-corrected chi connectivity index (χ3v) is 5.59. The molecule has 0 radical (unpaired) electrons. The van der Waals surface area contributed by atoms with Gasteiger partial charge in [0, 0.05) is 0 Å². The molecule has 0 atom stereocenters. The first kappa shape index (κ1) is 18.8. The Morgan fingerprint density at radius 1 is 0.889 bits per heavy atom. The number of benzene rings is 2. The third-order valence-electron chi connectivity index (χ3n) is 3.49. The zero-order valence-electron chi connectivity index (χ0n) is 13.5. The number of carbonyl (C=O) groups is 1. The van der Waals surface area contributed by atoms with Gasteiger partial charge in [-0.3, -0.25) is 9.35 Å². The maximum Gasteiger partial charge on any atom is 0.339 e. The van der Waals surface area contributed by atoms with Crippen LogP contribution >= 0.6 is 0 Å². The summed E-state index contributed by atoms with van der Waals surface area (Å²) in [6.45, 7) is 0. The van der Waals surface area contributed by atoms with E-state index in [4.69, 9.17) is 8.60 Å². The smallest absolute Gasteiger partial charge is 0.339 e. The summed E-state index contributed by atoms with van der Waals surface area (Å²) >= 11 is 0. The number of rotatable bonds is 6. The molecular formula is C17H12O8S2. The molecule has 0 aliphatic heterocycles. The molecule has 0 aliphatic carbocycles. The van der Waals surface area contributed by atoms with Gasteiger partial charge in [-0.1, -0.05) is 18.2 Å². The van der Waals surface area contributed by atoms with E-state index in [1.165, 1.54) is 36.4 Å². The summed E-state index contributed by atoms with van der Waals surface area (Å²) in [5.41, 5.74) is -0.0715. The molecule has 0 aliphatic rings. The predicted molar refractivity (Wildman–Crippen MR) is 93.6 cm³/mol. The summed E-state index contributed by atoms with van der Waals surface area (Å²) in [6.07, 6.45) is 0.428. The topological polar surface area (TPSA) is 128 Å². The van der Waals surface area contributed by atoms with Gasteiger partial charge in [0.25, 0.3) is 10.1 Å². The number of carbonyl (C=O) groups excluding carboxylic acids is 1. The monoisotopic (exact) mass is 408 g/mol. The first-order valence-corrected chi connectivity index (χ1v) is 10.2. The maximum atomic E-state index is 12.5. The highest BCUT2D eigenvalue weighted by atomic mass is 32.2. The van der Waals surface area contributed by atoms with Gasteiger partial charge < -0.3 is 8.60 Å². The fourth-order valence-corrected chi connectivity index (χ4v) is 3.72. The Morgan fingerprint density at radius 3 is 2.19 bits per heavy atom. The van der Waals surface area contributed by atoms with Crippen LogP contribution in [-0.2, 0) is 20.2 Å². The Kier molecular flexibility index (Phi) is 4.87. The molecule has 3 rings (SSSR count). The second kappa shape index (κ2) is 6.99. The van der Waals surface area contributed by atoms with Gasteiger partial charge in [-0.25, -0.2) is 0 Å². The zero-order valence-corrected chi connectivity index (χ0v) is 15.1. The van der Waals surface area contributed by atoms with Crippen LogP contribution in [0, 0.1) is 0 Å². The van der Waals surface area contributed by atoms with E-state index < -0.39 is 25.1 Å². The van der Waals surface area contributed by atoms with Crippen molar-refractivity contribution in [2.75, 3.05) is 0 Å². The van der Waals surface area contributed by atoms with Crippen LogP contribution < -0.4 is 4.18 Å². The highest BCUT2D eigenvalue weighted by Crippen LogP contribution is 2.35. The predicted octanol–water partition coefficient (Wildman–Crippen LogP) is 2.77. The molecule has 0 unspecified atom stereocenters. The van der Waals surface area contributed by atoms with Crippen LogP contribution in [0.1, 0.15) is 10.6 Å². The molecule has 0 saturated heterocycles. The largest absolute Gasteiger partial charge is 0.453 e. The molecule has 1 aromatic heterocycles. The molecule has 0 fully saturated rings. The van der Waals surface area contributed by atoms with Crippen LogP contribution in [0.2, 0.25) is 0 Å². The number of hydrogen-bond donors (Lipinski definition) is 1. The van der Waals surface area contributed by atoms with E-state index in [0.29, 0.717) is 6.29 Å². The quantitative estimate of drug-likeness (QED) is 0.375. The Morgan fingerprint density at radius 2 is 1.59 bits per heavy atom. The van der Waals surface area contributed by atoms with Crippen molar-refractivity contribution < 1.29 is 34.8 Å². The van der Waals surface area contributed by atoms with Crippen molar-refractivity contribution in [1.29, 1.82) is 0 Å². The summed E-state index contributed by atoms with van der Waals surface area (Å²) < 4.78 is 67.3. The summed E-state index contributed by atoms with van der Waals surface area (Å²) in [5.74, 6) is -0.307. The van der Waals surface area contributed by atoms with Crippen LogP contribution in [0.5, 0.6) is 5.75 Å². The number of hydrogen-bond acceptors (Lipinski definition) is 7. The molecule has 0 spiro atoms. The third kappa shape index (κ3) is 4.08. The highest BCUT2D eigenvalue weighted by Gasteiger charge is 2.22. The first-order valence-electron chi connectivity index (χ1n) is 7.37. The highest BCUT2D eigenvalue weighted by molar-refractivity contribution is 7.87. The average molecular weight is 408 g/mol. The van der Waals surface area contributed by atoms with Crippen LogP contribution in [0.25, 0.3) is 11.3 Å². The van der Waals surface area contributed by atoms with Gasteiger partial charge in [0.05, 0.1) is 10.5 Å². The van der Waals surface area contributed by atoms with Crippen molar-refractivity contribution in [3.8, 4) is 17.1 Å². The Labute approximate surface area is 154 Å². The van der Waals surface area contributed by atoms with Gasteiger partial charge in [-0.15, -0.1) is 0 Å². The lowest BCUT2D eigenvalue weighted by Gasteiger charge is -2.11. The van der Waals surface area contributed by atoms with Crippen LogP contribution in [-0.4, -0.2) is 27.7 Å². The van der Waals surface area contributed by atoms with E-state index >= 15 is 0 Å². The van der Waals surface area contributed by atoms with E-state index in [1.807, 2.05) is 0 Å². The van der Waals surface area contributed by atoms with Crippen molar-refractivity contribution in [2.45, 2.75) is 9.79 Å². The van der Waals surface area contributed by atoms with Gasteiger partial charge in [0.15, 0.2) is 17.8 Å². The second-order valence-electron chi connectivity index (χ2n) is 5.30. The maximum absolute atomic E-state index is 12.5. The van der Waals surface area contributed by atoms with E-state index in [9.17, 15) is 26.2 Å². The number of furan rings is 1. The lowest BCUT2D eigenvalue weighted by Crippen LogP contribution is -2.10. The Hall–Kier alpha value is -2.95. The minimum absolute atomic E-state index is 0.0131. The lowest BCUT2D eigenvalue weighted by molar-refractivity contribution is 0.110. The molecule has 0 bridgehead atoms. The summed E-state index contributed by atoms with van der Waals surface area (Å²) in [6, 6.07) is 13.0. The fourth-order valence-electron chi connectivity index (χ4n) is 2.25. The molecule has 1 N–H and O–H groups in total. The summed E-state index contributed by atoms with van der Waals surface area (Å²) in [5, 5.41) is 0. The van der Waals surface area contributed by atoms with Crippen molar-refractivity contribution in [3.05, 3.63) is 66.4 Å². The van der Waals surface area contributed by atoms with E-state index in [0.717, 1.165) is 18.2 Å². The average Bonchev–Trinajstić information content (AvgIpc) is 3.10. The van der Waals surface area contributed by atoms with Gasteiger partial charge in [-0.05, 0) is 42.5 Å². The van der Waals surface area contributed by atoms with E-state index in [-0.39, 0.29) is 27.7 Å². The van der Waals surface area contributed by atoms with Crippen molar-refractivity contribution in [2.24, 2.45) is 0 Å². The zero-order chi connectivity index (χ0) is 19.7. The normalized spacial score (nSPS) is 11.9. The van der Waals surface area contributed by atoms with Gasteiger partial charge in [0.1, 0.15) is 10.7 Å². The van der Waals surface area contributed by atoms with Crippen LogP contribution in [0.15, 0.2) is 74.9 Å². The van der Waals surface area contributed by atoms with Crippen molar-refractivity contribution in [3.63, 3.8) is 0 Å². The van der Waals surface area contributed by atoms with E-state index in [1.54, 1.807) is 6.07 Å². The molecule has 0 amide bonds. The Bertz CT molecular complexity index is 1190. The fraction of sp³-hybridized carbons (Fsp3) is 0. The molecule has 27 heavy (non-hydrogen) atoms. The molecule has 10 heteroatoms. The van der Waals surface area contributed by atoms with Crippen LogP contribution in [0.4, 0.5) is 0 Å². The standard InChI is InChI=1S/C17H12O8S2/c18-11-12-6-8-16(24-12)15-10-14(26(19,20)21)7-9-17(15)25-27(22,23)13-4-2-1-3-5-13/h1-11H,(H,19,20,21). The molecule has 1 heterocycles. The second-order valence-corrected chi connectivity index (χ2v) is 8.27. The number of aldehydes is 1. The van der Waals surface area contributed by atoms with Gasteiger partial charge in [0.2, 0.25) is 0 Å². The van der Waals surface area contributed by atoms with Gasteiger partial charge in [-0.2, -0.15) is 16.8 Å². The van der Waals surface area contributed by atoms with E-state index in [2.05, 4.69) is 0 Å². The molecule has 2 aromatic carbocycles. The summed E-state index contributed by atoms with van der Waals surface area (Å²) in [7, 11) is -8.77. The van der Waals surface area contributed by atoms with Crippen molar-refractivity contribution >= 4 is 26.5 Å². The van der Waals surface area contributed by atoms with Crippen LogP contribution in [0.3, 0.4) is 0 Å². The molecule has 140 valence electrons. The molecule has 3 aromatic rings. The minimum Gasteiger partial charge on any atom is -0.453 e. The molecule has 0 saturated carbocycles. The first-order chi connectivity index (χ1) is 12.7. The Balaban J connectivity index is 2.13. The van der Waals surface area contributed by atoms with Gasteiger partial charge >= 0.3 is 10.1 Å². The SMILES string of the molecule is O=Cc1ccc(-c2cc(S(=O)(=O)O)ccc2OS(=O)(=O)c2ccccc2)o1. The summed E-state index contributed by atoms with van der Waals surface area (Å²) in [4.78, 5) is 10.2. The van der Waals surface area contributed by atoms with Crippen molar-refractivity contribution in [1.82, 2.24) is 0 Å². The molecular weight excluding hydrogens is 396 g/mol. The minimum atomic E-state index is -4.56.